The third-order valence-electron chi connectivity index (χ3n) is 1.54. The molecule has 0 aliphatic carbocycles. The van der Waals surface area contributed by atoms with Gasteiger partial charge in [0.1, 0.15) is 0 Å². The Morgan fingerprint density at radius 3 is 2.85 bits per heavy atom. The molecule has 2 nitrogen and oxygen atoms in total. The van der Waals surface area contributed by atoms with E-state index in [1.54, 1.807) is 0 Å². The molecule has 0 radical (unpaired) electrons. The maximum absolute atomic E-state index is 13.1. The van der Waals surface area contributed by atoms with Crippen molar-refractivity contribution in [3.8, 4) is 5.75 Å². The number of thiol groups is 1. The molecule has 72 valence electrons. The Morgan fingerprint density at radius 2 is 2.23 bits per heavy atom. The predicted molar refractivity (Wildman–Crippen MR) is 53.9 cm³/mol. The Hall–Kier alpha value is -0.900. The van der Waals surface area contributed by atoms with Crippen molar-refractivity contribution < 1.29 is 9.13 Å². The molecule has 1 rings (SSSR count). The fraction of sp³-hybridized carbons (Fsp3) is 0.333. The third-order valence-corrected chi connectivity index (χ3v) is 1.93. The Morgan fingerprint density at radius 1 is 1.54 bits per heavy atom. The molecule has 0 spiro atoms. The predicted octanol–water partition coefficient (Wildman–Crippen LogP) is 2.49. The first-order chi connectivity index (χ1) is 6.15. The second kappa shape index (κ2) is 4.37. The lowest BCUT2D eigenvalue weighted by molar-refractivity contribution is 0.300. The monoisotopic (exact) mass is 201 g/mol. The van der Waals surface area contributed by atoms with E-state index in [1.165, 1.54) is 12.1 Å². The lowest BCUT2D eigenvalue weighted by atomic mass is 10.3. The van der Waals surface area contributed by atoms with Crippen molar-refractivity contribution in [1.82, 2.24) is 0 Å². The number of hydrogen-bond acceptors (Lipinski definition) is 3. The normalized spacial score (nSPS) is 10.1. The van der Waals surface area contributed by atoms with Gasteiger partial charge in [0.15, 0.2) is 11.6 Å². The first-order valence-electron chi connectivity index (χ1n) is 4.06. The molecule has 13 heavy (non-hydrogen) atoms. The van der Waals surface area contributed by atoms with E-state index in [4.69, 9.17) is 10.5 Å². The van der Waals surface area contributed by atoms with Gasteiger partial charge < -0.3 is 10.5 Å². The molecule has 0 atom stereocenters. The maximum Gasteiger partial charge on any atom is 0.167 e. The first-order valence-corrected chi connectivity index (χ1v) is 4.50. The van der Waals surface area contributed by atoms with Gasteiger partial charge in [0.2, 0.25) is 0 Å². The molecular formula is C9H12FNOS. The minimum absolute atomic E-state index is 0.209. The summed E-state index contributed by atoms with van der Waals surface area (Å²) >= 11 is 4.07. The van der Waals surface area contributed by atoms with Gasteiger partial charge in [-0.1, -0.05) is 6.92 Å². The van der Waals surface area contributed by atoms with Crippen molar-refractivity contribution >= 4 is 18.3 Å². The number of rotatable bonds is 3. The number of ether oxygens (including phenoxy) is 1. The summed E-state index contributed by atoms with van der Waals surface area (Å²) < 4.78 is 18.3. The standard InChI is InChI=1S/C9H12FNOS/c1-2-3-12-8-5-9(13)7(11)4-6(8)10/h4-5,13H,2-3,11H2,1H3. The Bertz CT molecular complexity index is 304. The van der Waals surface area contributed by atoms with Crippen molar-refractivity contribution in [3.05, 3.63) is 17.9 Å². The minimum atomic E-state index is -0.441. The molecule has 0 aliphatic rings. The summed E-state index contributed by atoms with van der Waals surface area (Å²) in [5.41, 5.74) is 5.77. The minimum Gasteiger partial charge on any atom is -0.490 e. The van der Waals surface area contributed by atoms with Crippen LogP contribution in [-0.2, 0) is 0 Å². The summed E-state index contributed by atoms with van der Waals surface area (Å²) in [6.45, 7) is 2.45. The smallest absolute Gasteiger partial charge is 0.167 e. The highest BCUT2D eigenvalue weighted by atomic mass is 32.1. The molecule has 0 amide bonds. The summed E-state index contributed by atoms with van der Waals surface area (Å²) in [5, 5.41) is 0. The summed E-state index contributed by atoms with van der Waals surface area (Å²) in [5.74, 6) is -0.232. The molecular weight excluding hydrogens is 189 g/mol. The van der Waals surface area contributed by atoms with Gasteiger partial charge in [0.05, 0.1) is 6.61 Å². The van der Waals surface area contributed by atoms with Crippen molar-refractivity contribution in [2.75, 3.05) is 12.3 Å². The van der Waals surface area contributed by atoms with Gasteiger partial charge in [0, 0.05) is 16.6 Å². The molecule has 1 aromatic carbocycles. The molecule has 0 bridgehead atoms. The van der Waals surface area contributed by atoms with E-state index in [9.17, 15) is 4.39 Å². The van der Waals surface area contributed by atoms with Crippen LogP contribution in [0.4, 0.5) is 10.1 Å². The summed E-state index contributed by atoms with van der Waals surface area (Å²) in [6.07, 6.45) is 0.839. The molecule has 1 aromatic rings. The van der Waals surface area contributed by atoms with Gasteiger partial charge in [-0.3, -0.25) is 0 Å². The largest absolute Gasteiger partial charge is 0.490 e. The van der Waals surface area contributed by atoms with E-state index >= 15 is 0 Å². The molecule has 0 fully saturated rings. The van der Waals surface area contributed by atoms with Crippen LogP contribution in [0.1, 0.15) is 13.3 Å². The van der Waals surface area contributed by atoms with Gasteiger partial charge in [-0.2, -0.15) is 0 Å². The Labute approximate surface area is 82.3 Å². The molecule has 0 heterocycles. The van der Waals surface area contributed by atoms with Crippen LogP contribution in [0, 0.1) is 5.82 Å². The molecule has 2 N–H and O–H groups in total. The van der Waals surface area contributed by atoms with Crippen LogP contribution in [0.5, 0.6) is 5.75 Å². The average Bonchev–Trinajstić information content (AvgIpc) is 2.09. The van der Waals surface area contributed by atoms with Gasteiger partial charge in [0.25, 0.3) is 0 Å². The maximum atomic E-state index is 13.1. The fourth-order valence-electron chi connectivity index (χ4n) is 0.881. The lowest BCUT2D eigenvalue weighted by Crippen LogP contribution is -1.99. The van der Waals surface area contributed by atoms with E-state index < -0.39 is 5.82 Å². The Kier molecular flexibility index (Phi) is 3.42. The number of benzene rings is 1. The first kappa shape index (κ1) is 10.2. The Balaban J connectivity index is 2.88. The number of nitrogens with two attached hydrogens (primary N) is 1. The summed E-state index contributed by atoms with van der Waals surface area (Å²) in [4.78, 5) is 0.535. The lowest BCUT2D eigenvalue weighted by Gasteiger charge is -2.07. The molecule has 4 heteroatoms. The molecule has 0 aliphatic heterocycles. The summed E-state index contributed by atoms with van der Waals surface area (Å²) in [6, 6.07) is 2.71. The second-order valence-electron chi connectivity index (χ2n) is 2.69. The average molecular weight is 201 g/mol. The fourth-order valence-corrected chi connectivity index (χ4v) is 1.06. The quantitative estimate of drug-likeness (QED) is 0.582. The number of hydrogen-bond donors (Lipinski definition) is 2. The van der Waals surface area contributed by atoms with Crippen LogP contribution in [-0.4, -0.2) is 6.61 Å². The van der Waals surface area contributed by atoms with E-state index in [0.29, 0.717) is 17.2 Å². The highest BCUT2D eigenvalue weighted by Gasteiger charge is 2.06. The van der Waals surface area contributed by atoms with Gasteiger partial charge in [-0.15, -0.1) is 12.6 Å². The van der Waals surface area contributed by atoms with Crippen LogP contribution >= 0.6 is 12.6 Å². The van der Waals surface area contributed by atoms with E-state index in [1.807, 2.05) is 6.92 Å². The van der Waals surface area contributed by atoms with Crippen LogP contribution in [0.2, 0.25) is 0 Å². The van der Waals surface area contributed by atoms with Crippen LogP contribution in [0.15, 0.2) is 17.0 Å². The van der Waals surface area contributed by atoms with E-state index in [2.05, 4.69) is 12.6 Å². The van der Waals surface area contributed by atoms with Gasteiger partial charge in [-0.05, 0) is 12.5 Å². The molecule has 0 saturated heterocycles. The molecule has 0 unspecified atom stereocenters. The molecule has 0 aromatic heterocycles. The van der Waals surface area contributed by atoms with E-state index in [0.717, 1.165) is 6.42 Å². The summed E-state index contributed by atoms with van der Waals surface area (Å²) in [7, 11) is 0. The van der Waals surface area contributed by atoms with Crippen LogP contribution < -0.4 is 10.5 Å². The second-order valence-corrected chi connectivity index (χ2v) is 3.17. The van der Waals surface area contributed by atoms with Crippen molar-refractivity contribution in [3.63, 3.8) is 0 Å². The highest BCUT2D eigenvalue weighted by Crippen LogP contribution is 2.26. The van der Waals surface area contributed by atoms with Gasteiger partial charge >= 0.3 is 0 Å². The molecule has 0 saturated carbocycles. The van der Waals surface area contributed by atoms with Crippen LogP contribution in [0.25, 0.3) is 0 Å². The highest BCUT2D eigenvalue weighted by molar-refractivity contribution is 7.80. The number of nitrogen functional groups attached to an aromatic ring is 1. The third kappa shape index (κ3) is 2.52. The number of halogens is 1. The van der Waals surface area contributed by atoms with Crippen LogP contribution in [0.3, 0.4) is 0 Å². The zero-order valence-corrected chi connectivity index (χ0v) is 8.27. The number of anilines is 1. The van der Waals surface area contributed by atoms with E-state index in [-0.39, 0.29) is 5.75 Å². The zero-order valence-electron chi connectivity index (χ0n) is 7.38. The van der Waals surface area contributed by atoms with Crippen molar-refractivity contribution in [2.45, 2.75) is 18.2 Å². The zero-order chi connectivity index (χ0) is 9.84. The van der Waals surface area contributed by atoms with Crippen molar-refractivity contribution in [1.29, 1.82) is 0 Å². The van der Waals surface area contributed by atoms with Gasteiger partial charge in [-0.25, -0.2) is 4.39 Å². The topological polar surface area (TPSA) is 35.2 Å². The van der Waals surface area contributed by atoms with Crippen molar-refractivity contribution in [2.24, 2.45) is 0 Å². The SMILES string of the molecule is CCCOc1cc(S)c(N)cc1F.